The average molecular weight is 259 g/mol. The Bertz CT molecular complexity index is 388. The predicted molar refractivity (Wildman–Crippen MR) is 67.1 cm³/mol. The maximum atomic E-state index is 11.9. The monoisotopic (exact) mass is 259 g/mol. The number of amides is 1. The summed E-state index contributed by atoms with van der Waals surface area (Å²) in [6.45, 7) is 5.48. The standard InChI is InChI=1S/C10H13NO3S2/c1-5(2)6(3)8-9(14)11(4-7(12)13)10(15)16-8/h5H,4H2,1-3H3,(H,12,13). The molecule has 16 heavy (non-hydrogen) atoms. The third-order valence-electron chi connectivity index (χ3n) is 2.37. The molecule has 6 heteroatoms. The largest absolute Gasteiger partial charge is 0.480 e. The number of rotatable bonds is 3. The first-order valence-corrected chi connectivity index (χ1v) is 6.03. The molecule has 0 unspecified atom stereocenters. The van der Waals surface area contributed by atoms with Crippen LogP contribution in [0.1, 0.15) is 20.8 Å². The highest BCUT2D eigenvalue weighted by atomic mass is 32.2. The molecule has 1 N–H and O–H groups in total. The van der Waals surface area contributed by atoms with E-state index in [9.17, 15) is 9.59 Å². The summed E-state index contributed by atoms with van der Waals surface area (Å²) in [6, 6.07) is 0. The second kappa shape index (κ2) is 4.97. The molecule has 0 spiro atoms. The zero-order valence-electron chi connectivity index (χ0n) is 9.31. The quantitative estimate of drug-likeness (QED) is 0.619. The minimum absolute atomic E-state index is 0.249. The van der Waals surface area contributed by atoms with Gasteiger partial charge >= 0.3 is 5.97 Å². The Hall–Kier alpha value is -0.880. The van der Waals surface area contributed by atoms with Crippen LogP contribution in [0.2, 0.25) is 0 Å². The molecule has 1 fully saturated rings. The number of carboxylic acids is 1. The van der Waals surface area contributed by atoms with Gasteiger partial charge in [-0.05, 0) is 12.8 Å². The molecule has 1 rings (SSSR count). The predicted octanol–water partition coefficient (Wildman–Crippen LogP) is 1.86. The van der Waals surface area contributed by atoms with E-state index in [1.165, 1.54) is 11.8 Å². The number of allylic oxidation sites excluding steroid dienone is 1. The molecule has 0 aromatic heterocycles. The normalized spacial score (nSPS) is 19.6. The lowest BCUT2D eigenvalue weighted by molar-refractivity contribution is -0.140. The topological polar surface area (TPSA) is 57.6 Å². The number of carbonyl (C=O) groups excluding carboxylic acids is 1. The van der Waals surface area contributed by atoms with E-state index in [-0.39, 0.29) is 18.4 Å². The molecule has 1 heterocycles. The fourth-order valence-electron chi connectivity index (χ4n) is 1.17. The van der Waals surface area contributed by atoms with Gasteiger partial charge in [0.1, 0.15) is 10.9 Å². The number of hydrogen-bond acceptors (Lipinski definition) is 4. The molecule has 0 saturated carbocycles. The van der Waals surface area contributed by atoms with Crippen molar-refractivity contribution < 1.29 is 14.7 Å². The fourth-order valence-corrected chi connectivity index (χ4v) is 2.60. The van der Waals surface area contributed by atoms with Crippen molar-refractivity contribution in [3.05, 3.63) is 10.5 Å². The van der Waals surface area contributed by atoms with E-state index in [1.54, 1.807) is 0 Å². The first-order valence-electron chi connectivity index (χ1n) is 4.80. The Kier molecular flexibility index (Phi) is 4.09. The molecule has 1 saturated heterocycles. The molecule has 1 aliphatic rings. The third-order valence-corrected chi connectivity index (χ3v) is 3.93. The minimum Gasteiger partial charge on any atom is -0.480 e. The highest BCUT2D eigenvalue weighted by Gasteiger charge is 2.34. The fraction of sp³-hybridized carbons (Fsp3) is 0.500. The van der Waals surface area contributed by atoms with Crippen molar-refractivity contribution in [2.24, 2.45) is 5.92 Å². The van der Waals surface area contributed by atoms with Crippen LogP contribution < -0.4 is 0 Å². The summed E-state index contributed by atoms with van der Waals surface area (Å²) in [4.78, 5) is 24.2. The van der Waals surface area contributed by atoms with Gasteiger partial charge in [0.15, 0.2) is 0 Å². The number of thioether (sulfide) groups is 1. The summed E-state index contributed by atoms with van der Waals surface area (Å²) in [5, 5.41) is 8.66. The molecular weight excluding hydrogens is 246 g/mol. The van der Waals surface area contributed by atoms with Gasteiger partial charge in [-0.1, -0.05) is 43.4 Å². The van der Waals surface area contributed by atoms with Crippen LogP contribution in [0.5, 0.6) is 0 Å². The first-order chi connectivity index (χ1) is 7.34. The van der Waals surface area contributed by atoms with Crippen molar-refractivity contribution in [1.82, 2.24) is 4.90 Å². The average Bonchev–Trinajstić information content (AvgIpc) is 2.44. The van der Waals surface area contributed by atoms with Crippen LogP contribution >= 0.6 is 24.0 Å². The van der Waals surface area contributed by atoms with Crippen molar-refractivity contribution >= 4 is 40.2 Å². The lowest BCUT2D eigenvalue weighted by atomic mass is 10.0. The van der Waals surface area contributed by atoms with Crippen LogP contribution in [0.15, 0.2) is 10.5 Å². The second-order valence-corrected chi connectivity index (χ2v) is 5.46. The third kappa shape index (κ3) is 2.62. The molecule has 0 aromatic carbocycles. The van der Waals surface area contributed by atoms with Gasteiger partial charge in [0.2, 0.25) is 0 Å². The number of nitrogens with zero attached hydrogens (tertiary/aromatic N) is 1. The van der Waals surface area contributed by atoms with Crippen LogP contribution in [-0.4, -0.2) is 32.7 Å². The van der Waals surface area contributed by atoms with Gasteiger partial charge in [-0.25, -0.2) is 0 Å². The molecule has 0 radical (unpaired) electrons. The molecule has 0 aromatic rings. The first kappa shape index (κ1) is 13.2. The molecule has 0 atom stereocenters. The van der Waals surface area contributed by atoms with E-state index in [2.05, 4.69) is 0 Å². The number of hydrogen-bond donors (Lipinski definition) is 1. The van der Waals surface area contributed by atoms with Gasteiger partial charge in [0.05, 0.1) is 4.91 Å². The van der Waals surface area contributed by atoms with Gasteiger partial charge in [-0.3, -0.25) is 14.5 Å². The van der Waals surface area contributed by atoms with Crippen LogP contribution in [-0.2, 0) is 9.59 Å². The van der Waals surface area contributed by atoms with Crippen LogP contribution in [0.4, 0.5) is 0 Å². The lowest BCUT2D eigenvalue weighted by Crippen LogP contribution is -2.33. The lowest BCUT2D eigenvalue weighted by Gasteiger charge is -2.11. The molecule has 0 bridgehead atoms. The summed E-state index contributed by atoms with van der Waals surface area (Å²) in [5.74, 6) is -1.10. The molecule has 4 nitrogen and oxygen atoms in total. The highest BCUT2D eigenvalue weighted by molar-refractivity contribution is 8.26. The summed E-state index contributed by atoms with van der Waals surface area (Å²) >= 11 is 6.17. The second-order valence-electron chi connectivity index (χ2n) is 3.82. The number of aliphatic carboxylic acids is 1. The van der Waals surface area contributed by atoms with Gasteiger partial charge < -0.3 is 5.11 Å². The zero-order valence-corrected chi connectivity index (χ0v) is 10.9. The Morgan fingerprint density at radius 1 is 1.56 bits per heavy atom. The van der Waals surface area contributed by atoms with E-state index >= 15 is 0 Å². The van der Waals surface area contributed by atoms with Crippen molar-refractivity contribution in [1.29, 1.82) is 0 Å². The number of thiocarbonyl (C=S) groups is 1. The van der Waals surface area contributed by atoms with Gasteiger partial charge in [0.25, 0.3) is 5.91 Å². The van der Waals surface area contributed by atoms with E-state index < -0.39 is 5.97 Å². The Morgan fingerprint density at radius 2 is 2.12 bits per heavy atom. The maximum Gasteiger partial charge on any atom is 0.323 e. The van der Waals surface area contributed by atoms with Gasteiger partial charge in [-0.2, -0.15) is 0 Å². The maximum absolute atomic E-state index is 11.9. The van der Waals surface area contributed by atoms with E-state index in [0.29, 0.717) is 9.23 Å². The molecular formula is C10H13NO3S2. The smallest absolute Gasteiger partial charge is 0.323 e. The van der Waals surface area contributed by atoms with Crippen LogP contribution in [0, 0.1) is 5.92 Å². The summed E-state index contributed by atoms with van der Waals surface area (Å²) < 4.78 is 0.322. The molecule has 1 amide bonds. The summed E-state index contributed by atoms with van der Waals surface area (Å²) in [5.41, 5.74) is 0.949. The highest BCUT2D eigenvalue weighted by Crippen LogP contribution is 2.35. The molecule has 0 aliphatic carbocycles. The number of carbonyl (C=O) groups is 2. The zero-order chi connectivity index (χ0) is 12.5. The van der Waals surface area contributed by atoms with Crippen molar-refractivity contribution in [2.75, 3.05) is 6.54 Å². The Morgan fingerprint density at radius 3 is 2.56 bits per heavy atom. The molecule has 1 aliphatic heterocycles. The van der Waals surface area contributed by atoms with Crippen LogP contribution in [0.25, 0.3) is 0 Å². The van der Waals surface area contributed by atoms with E-state index in [4.69, 9.17) is 17.3 Å². The SMILES string of the molecule is CC(=C1SC(=S)N(CC(=O)O)C1=O)C(C)C. The molecule has 88 valence electrons. The van der Waals surface area contributed by atoms with Crippen molar-refractivity contribution in [2.45, 2.75) is 20.8 Å². The van der Waals surface area contributed by atoms with Crippen molar-refractivity contribution in [3.8, 4) is 0 Å². The van der Waals surface area contributed by atoms with E-state index in [0.717, 1.165) is 10.5 Å². The van der Waals surface area contributed by atoms with Gasteiger partial charge in [0, 0.05) is 0 Å². The summed E-state index contributed by atoms with van der Waals surface area (Å²) in [7, 11) is 0. The Balaban J connectivity index is 2.99. The van der Waals surface area contributed by atoms with Crippen molar-refractivity contribution in [3.63, 3.8) is 0 Å². The minimum atomic E-state index is -1.06. The number of carboxylic acid groups (broad SMARTS) is 1. The van der Waals surface area contributed by atoms with Crippen LogP contribution in [0.3, 0.4) is 0 Å². The van der Waals surface area contributed by atoms with Gasteiger partial charge in [-0.15, -0.1) is 0 Å². The summed E-state index contributed by atoms with van der Waals surface area (Å²) in [6.07, 6.45) is 0. The van der Waals surface area contributed by atoms with E-state index in [1.807, 2.05) is 20.8 Å². The Labute approximate surface area is 104 Å².